The first-order valence-corrected chi connectivity index (χ1v) is 5.17. The lowest BCUT2D eigenvalue weighted by Gasteiger charge is -2.51. The van der Waals surface area contributed by atoms with Crippen LogP contribution in [-0.2, 0) is 4.74 Å². The number of rotatable bonds is 2. The molecule has 0 aromatic carbocycles. The number of nitrogens with one attached hydrogen (secondary N) is 2. The van der Waals surface area contributed by atoms with Gasteiger partial charge in [0.15, 0.2) is 0 Å². The minimum atomic E-state index is -4.07. The molecule has 1 unspecified atom stereocenters. The van der Waals surface area contributed by atoms with Crippen LogP contribution in [0.1, 0.15) is 12.8 Å². The number of ether oxygens (including phenoxy) is 1. The Bertz CT molecular complexity index is 228. The summed E-state index contributed by atoms with van der Waals surface area (Å²) in [6, 6.07) is -0.172. The van der Waals surface area contributed by atoms with Crippen LogP contribution in [0.2, 0.25) is 0 Å². The van der Waals surface area contributed by atoms with Crippen molar-refractivity contribution in [2.75, 3.05) is 26.2 Å². The van der Waals surface area contributed by atoms with E-state index in [9.17, 15) is 13.2 Å². The fourth-order valence-electron chi connectivity index (χ4n) is 2.17. The molecule has 2 aliphatic heterocycles. The number of morpholine rings is 1. The zero-order valence-corrected chi connectivity index (χ0v) is 8.36. The van der Waals surface area contributed by atoms with Gasteiger partial charge in [-0.15, -0.1) is 0 Å². The summed E-state index contributed by atoms with van der Waals surface area (Å²) in [5.74, 6) is 0. The van der Waals surface area contributed by atoms with E-state index in [1.807, 2.05) is 0 Å². The highest BCUT2D eigenvalue weighted by Crippen LogP contribution is 2.30. The highest BCUT2D eigenvalue weighted by Gasteiger charge is 2.47. The van der Waals surface area contributed by atoms with E-state index in [0.29, 0.717) is 26.2 Å². The van der Waals surface area contributed by atoms with Crippen molar-refractivity contribution in [3.05, 3.63) is 0 Å². The molecule has 0 aliphatic carbocycles. The first-order chi connectivity index (χ1) is 7.02. The highest BCUT2D eigenvalue weighted by molar-refractivity contribution is 5.05. The lowest BCUT2D eigenvalue weighted by Crippen LogP contribution is -2.73. The summed E-state index contributed by atoms with van der Waals surface area (Å²) < 4.78 is 41.9. The second-order valence-electron chi connectivity index (χ2n) is 4.18. The largest absolute Gasteiger partial charge is 0.389 e. The van der Waals surface area contributed by atoms with E-state index in [-0.39, 0.29) is 18.1 Å². The monoisotopic (exact) mass is 224 g/mol. The van der Waals surface area contributed by atoms with Crippen LogP contribution in [0, 0.1) is 0 Å². The zero-order chi connectivity index (χ0) is 10.9. The molecule has 1 spiro atoms. The summed E-state index contributed by atoms with van der Waals surface area (Å²) in [6.45, 7) is 2.54. The average molecular weight is 224 g/mol. The van der Waals surface area contributed by atoms with Crippen LogP contribution in [0.25, 0.3) is 0 Å². The molecule has 2 saturated heterocycles. The molecule has 2 fully saturated rings. The molecule has 88 valence electrons. The van der Waals surface area contributed by atoms with Gasteiger partial charge in [-0.3, -0.25) is 0 Å². The van der Waals surface area contributed by atoms with Crippen LogP contribution >= 0.6 is 0 Å². The summed E-state index contributed by atoms with van der Waals surface area (Å²) >= 11 is 0. The number of hydrogen-bond acceptors (Lipinski definition) is 3. The van der Waals surface area contributed by atoms with E-state index in [4.69, 9.17) is 4.74 Å². The molecule has 2 heterocycles. The first-order valence-electron chi connectivity index (χ1n) is 5.17. The maximum Gasteiger partial charge on any atom is 0.389 e. The maximum absolute atomic E-state index is 12.1. The summed E-state index contributed by atoms with van der Waals surface area (Å²) in [4.78, 5) is 0. The van der Waals surface area contributed by atoms with Crippen LogP contribution in [-0.4, -0.2) is 44.1 Å². The fraction of sp³-hybridized carbons (Fsp3) is 1.00. The van der Waals surface area contributed by atoms with Gasteiger partial charge in [0, 0.05) is 32.1 Å². The third-order valence-electron chi connectivity index (χ3n) is 3.08. The molecular formula is C9H15F3N2O. The Morgan fingerprint density at radius 2 is 2.07 bits per heavy atom. The van der Waals surface area contributed by atoms with E-state index in [2.05, 4.69) is 10.6 Å². The van der Waals surface area contributed by atoms with Gasteiger partial charge in [0.2, 0.25) is 0 Å². The van der Waals surface area contributed by atoms with E-state index < -0.39 is 12.6 Å². The van der Waals surface area contributed by atoms with Gasteiger partial charge in [-0.25, -0.2) is 0 Å². The Kier molecular flexibility index (Phi) is 2.92. The topological polar surface area (TPSA) is 33.3 Å². The predicted molar refractivity (Wildman–Crippen MR) is 48.6 cm³/mol. The fourth-order valence-corrected chi connectivity index (χ4v) is 2.17. The molecule has 2 rings (SSSR count). The minimum absolute atomic E-state index is 0.102. The zero-order valence-electron chi connectivity index (χ0n) is 8.36. The Hall–Kier alpha value is -0.330. The summed E-state index contributed by atoms with van der Waals surface area (Å²) in [5, 5.41) is 6.17. The lowest BCUT2D eigenvalue weighted by atomic mass is 9.84. The summed E-state index contributed by atoms with van der Waals surface area (Å²) in [6.07, 6.45) is -4.71. The highest BCUT2D eigenvalue weighted by atomic mass is 19.4. The lowest BCUT2D eigenvalue weighted by molar-refractivity contribution is -0.156. The SMILES string of the molecule is FC(F)(F)CCC1NCCOC12CNC2. The average Bonchev–Trinajstić information content (AvgIpc) is 2.11. The standard InChI is InChI=1S/C9H15F3N2O/c10-9(11,12)2-1-7-8(5-13-6-8)15-4-3-14-7/h7,13-14H,1-6H2. The molecule has 0 bridgehead atoms. The van der Waals surface area contributed by atoms with Crippen LogP contribution in [0.3, 0.4) is 0 Å². The maximum atomic E-state index is 12.1. The molecule has 0 aromatic rings. The molecule has 0 aromatic heterocycles. The predicted octanol–water partition coefficient (Wildman–Crippen LogP) is 0.659. The van der Waals surface area contributed by atoms with Gasteiger partial charge in [0.05, 0.1) is 6.61 Å². The molecule has 15 heavy (non-hydrogen) atoms. The van der Waals surface area contributed by atoms with Crippen LogP contribution < -0.4 is 10.6 Å². The number of hydrogen-bond donors (Lipinski definition) is 2. The molecule has 6 heteroatoms. The van der Waals surface area contributed by atoms with Gasteiger partial charge in [-0.1, -0.05) is 0 Å². The van der Waals surface area contributed by atoms with E-state index in [1.165, 1.54) is 0 Å². The van der Waals surface area contributed by atoms with Crippen molar-refractivity contribution in [2.45, 2.75) is 30.7 Å². The van der Waals surface area contributed by atoms with E-state index in [1.54, 1.807) is 0 Å². The van der Waals surface area contributed by atoms with Gasteiger partial charge in [0.25, 0.3) is 0 Å². The first kappa shape index (κ1) is 11.2. The molecule has 0 radical (unpaired) electrons. The van der Waals surface area contributed by atoms with Crippen molar-refractivity contribution in [1.29, 1.82) is 0 Å². The van der Waals surface area contributed by atoms with Gasteiger partial charge in [-0.05, 0) is 6.42 Å². The van der Waals surface area contributed by atoms with Crippen LogP contribution in [0.5, 0.6) is 0 Å². The third-order valence-corrected chi connectivity index (χ3v) is 3.08. The van der Waals surface area contributed by atoms with Crippen LogP contribution in [0.15, 0.2) is 0 Å². The van der Waals surface area contributed by atoms with Gasteiger partial charge >= 0.3 is 6.18 Å². The normalized spacial score (nSPS) is 30.2. The van der Waals surface area contributed by atoms with Crippen molar-refractivity contribution in [1.82, 2.24) is 10.6 Å². The smallest absolute Gasteiger partial charge is 0.369 e. The molecule has 2 N–H and O–H groups in total. The van der Waals surface area contributed by atoms with Crippen molar-refractivity contribution in [3.8, 4) is 0 Å². The molecular weight excluding hydrogens is 209 g/mol. The van der Waals surface area contributed by atoms with Gasteiger partial charge in [-0.2, -0.15) is 13.2 Å². The number of alkyl halides is 3. The van der Waals surface area contributed by atoms with Crippen LogP contribution in [0.4, 0.5) is 13.2 Å². The quantitative estimate of drug-likeness (QED) is 0.723. The minimum Gasteiger partial charge on any atom is -0.369 e. The van der Waals surface area contributed by atoms with Gasteiger partial charge < -0.3 is 15.4 Å². The summed E-state index contributed by atoms with van der Waals surface area (Å²) in [7, 11) is 0. The third kappa shape index (κ3) is 2.43. The van der Waals surface area contributed by atoms with Gasteiger partial charge in [0.1, 0.15) is 5.60 Å². The molecule has 0 saturated carbocycles. The molecule has 0 amide bonds. The summed E-state index contributed by atoms with van der Waals surface area (Å²) in [5.41, 5.74) is -0.385. The Balaban J connectivity index is 1.88. The molecule has 3 nitrogen and oxygen atoms in total. The Morgan fingerprint density at radius 3 is 2.60 bits per heavy atom. The second-order valence-corrected chi connectivity index (χ2v) is 4.18. The Morgan fingerprint density at radius 1 is 1.33 bits per heavy atom. The Labute approximate surface area is 86.4 Å². The van der Waals surface area contributed by atoms with Crippen molar-refractivity contribution < 1.29 is 17.9 Å². The van der Waals surface area contributed by atoms with Crippen molar-refractivity contribution in [2.24, 2.45) is 0 Å². The van der Waals surface area contributed by atoms with Crippen molar-refractivity contribution in [3.63, 3.8) is 0 Å². The van der Waals surface area contributed by atoms with E-state index in [0.717, 1.165) is 0 Å². The number of halogens is 3. The van der Waals surface area contributed by atoms with E-state index >= 15 is 0 Å². The molecule has 2 aliphatic rings. The van der Waals surface area contributed by atoms with Crippen molar-refractivity contribution >= 4 is 0 Å². The second kappa shape index (κ2) is 3.92. The molecule has 1 atom stereocenters.